The van der Waals surface area contributed by atoms with Crippen molar-refractivity contribution in [3.05, 3.63) is 53.8 Å². The Bertz CT molecular complexity index is 777. The second-order valence-electron chi connectivity index (χ2n) is 6.04. The Morgan fingerprint density at radius 2 is 1.81 bits per heavy atom. The van der Waals surface area contributed by atoms with Gasteiger partial charge in [-0.1, -0.05) is 12.1 Å². The zero-order valence-corrected chi connectivity index (χ0v) is 14.1. The number of rotatable bonds is 5. The van der Waals surface area contributed by atoms with Gasteiger partial charge >= 0.3 is 6.61 Å². The molecule has 7 heteroatoms. The summed E-state index contributed by atoms with van der Waals surface area (Å²) in [6.45, 7) is -1.40. The van der Waals surface area contributed by atoms with Crippen molar-refractivity contribution >= 4 is 17.3 Å². The largest absolute Gasteiger partial charge is 0.434 e. The summed E-state index contributed by atoms with van der Waals surface area (Å²) in [5, 5.41) is 2.63. The molecule has 0 unspecified atom stereocenters. The molecular formula is C19H19F3N2O2. The summed E-state index contributed by atoms with van der Waals surface area (Å²) in [4.78, 5) is 14.7. The maximum Gasteiger partial charge on any atom is 0.387 e. The second-order valence-corrected chi connectivity index (χ2v) is 6.04. The van der Waals surface area contributed by atoms with Crippen molar-refractivity contribution in [2.75, 3.05) is 23.3 Å². The highest BCUT2D eigenvalue weighted by Crippen LogP contribution is 2.30. The number of nitrogens with one attached hydrogen (secondary N) is 1. The third kappa shape index (κ3) is 4.28. The topological polar surface area (TPSA) is 41.6 Å². The Morgan fingerprint density at radius 1 is 1.08 bits per heavy atom. The van der Waals surface area contributed by atoms with E-state index in [9.17, 15) is 18.0 Å². The molecule has 0 spiro atoms. The van der Waals surface area contributed by atoms with Crippen LogP contribution in [0.25, 0.3) is 0 Å². The van der Waals surface area contributed by atoms with E-state index < -0.39 is 18.3 Å². The number of carbonyl (C=O) groups is 1. The van der Waals surface area contributed by atoms with Crippen LogP contribution in [0.4, 0.5) is 24.5 Å². The number of hydrogen-bond donors (Lipinski definition) is 1. The van der Waals surface area contributed by atoms with E-state index in [0.29, 0.717) is 11.4 Å². The fourth-order valence-corrected chi connectivity index (χ4v) is 3.06. The lowest BCUT2D eigenvalue weighted by Gasteiger charge is -2.30. The Morgan fingerprint density at radius 3 is 2.54 bits per heavy atom. The number of carbonyl (C=O) groups excluding carboxylic acids is 1. The van der Waals surface area contributed by atoms with E-state index >= 15 is 0 Å². The minimum absolute atomic E-state index is 0.0401. The number of para-hydroxylation sites is 1. The van der Waals surface area contributed by atoms with E-state index in [2.05, 4.69) is 15.0 Å². The molecule has 1 saturated heterocycles. The fourth-order valence-electron chi connectivity index (χ4n) is 3.06. The highest BCUT2D eigenvalue weighted by atomic mass is 19.3. The molecule has 1 N–H and O–H groups in total. The molecule has 0 radical (unpaired) electrons. The van der Waals surface area contributed by atoms with Crippen molar-refractivity contribution in [3.63, 3.8) is 0 Å². The average Bonchev–Trinajstić information content (AvgIpc) is 2.62. The monoisotopic (exact) mass is 364 g/mol. The first-order valence-electron chi connectivity index (χ1n) is 8.44. The van der Waals surface area contributed by atoms with Crippen molar-refractivity contribution in [1.82, 2.24) is 0 Å². The molecule has 138 valence electrons. The molecule has 1 amide bonds. The molecule has 3 rings (SSSR count). The lowest BCUT2D eigenvalue weighted by atomic mass is 10.1. The quantitative estimate of drug-likeness (QED) is 0.838. The Labute approximate surface area is 149 Å². The van der Waals surface area contributed by atoms with Crippen molar-refractivity contribution in [2.24, 2.45) is 0 Å². The van der Waals surface area contributed by atoms with E-state index in [1.54, 1.807) is 12.1 Å². The molecule has 2 aromatic rings. The summed E-state index contributed by atoms with van der Waals surface area (Å²) in [5.74, 6) is -1.35. The lowest BCUT2D eigenvalue weighted by molar-refractivity contribution is -0.0501. The lowest BCUT2D eigenvalue weighted by Crippen LogP contribution is -2.30. The van der Waals surface area contributed by atoms with Gasteiger partial charge in [0.15, 0.2) is 0 Å². The van der Waals surface area contributed by atoms with Gasteiger partial charge in [0.25, 0.3) is 5.91 Å². The number of hydrogen-bond acceptors (Lipinski definition) is 3. The highest BCUT2D eigenvalue weighted by molar-refractivity contribution is 6.07. The van der Waals surface area contributed by atoms with Gasteiger partial charge in [0, 0.05) is 13.1 Å². The molecule has 0 aliphatic carbocycles. The van der Waals surface area contributed by atoms with Gasteiger partial charge in [-0.3, -0.25) is 4.79 Å². The van der Waals surface area contributed by atoms with Gasteiger partial charge in [0.05, 0.1) is 16.9 Å². The molecule has 2 aromatic carbocycles. The Kier molecular flexibility index (Phi) is 5.65. The minimum atomic E-state index is -3.04. The van der Waals surface area contributed by atoms with Gasteiger partial charge in [-0.15, -0.1) is 0 Å². The summed E-state index contributed by atoms with van der Waals surface area (Å²) < 4.78 is 43.2. The van der Waals surface area contributed by atoms with Crippen molar-refractivity contribution < 1.29 is 22.7 Å². The standard InChI is InChI=1S/C19H19F3N2O2/c20-13-8-9-16(24-10-4-1-5-11-24)15(12-13)23-18(25)14-6-2-3-7-17(14)26-19(21)22/h2-3,6-9,12,19H,1,4-5,10-11H2,(H,23,25). The third-order valence-electron chi connectivity index (χ3n) is 4.25. The van der Waals surface area contributed by atoms with E-state index in [4.69, 9.17) is 0 Å². The molecule has 1 fully saturated rings. The summed E-state index contributed by atoms with van der Waals surface area (Å²) in [6.07, 6.45) is 3.18. The number of amides is 1. The number of anilines is 2. The van der Waals surface area contributed by atoms with Crippen LogP contribution in [0.1, 0.15) is 29.6 Å². The van der Waals surface area contributed by atoms with Crippen LogP contribution in [-0.4, -0.2) is 25.6 Å². The maximum atomic E-state index is 13.7. The van der Waals surface area contributed by atoms with Crippen LogP contribution < -0.4 is 15.0 Å². The van der Waals surface area contributed by atoms with Crippen LogP contribution in [0.15, 0.2) is 42.5 Å². The van der Waals surface area contributed by atoms with Crippen molar-refractivity contribution in [1.29, 1.82) is 0 Å². The maximum absolute atomic E-state index is 13.7. The highest BCUT2D eigenvalue weighted by Gasteiger charge is 2.19. The van der Waals surface area contributed by atoms with Gasteiger partial charge in [0.2, 0.25) is 0 Å². The summed E-state index contributed by atoms with van der Waals surface area (Å²) in [7, 11) is 0. The predicted octanol–water partition coefficient (Wildman–Crippen LogP) is 4.67. The van der Waals surface area contributed by atoms with Gasteiger partial charge in [-0.25, -0.2) is 4.39 Å². The number of piperidine rings is 1. The Hall–Kier alpha value is -2.70. The Balaban J connectivity index is 1.87. The van der Waals surface area contributed by atoms with Crippen LogP contribution in [-0.2, 0) is 0 Å². The van der Waals surface area contributed by atoms with Crippen LogP contribution in [0.2, 0.25) is 0 Å². The number of nitrogens with zero attached hydrogens (tertiary/aromatic N) is 1. The normalized spacial score (nSPS) is 14.4. The minimum Gasteiger partial charge on any atom is -0.434 e. The zero-order chi connectivity index (χ0) is 18.5. The van der Waals surface area contributed by atoms with Crippen LogP contribution in [0.5, 0.6) is 5.75 Å². The zero-order valence-electron chi connectivity index (χ0n) is 14.1. The van der Waals surface area contributed by atoms with Gasteiger partial charge < -0.3 is 15.0 Å². The van der Waals surface area contributed by atoms with Crippen LogP contribution in [0.3, 0.4) is 0 Å². The number of ether oxygens (including phenoxy) is 1. The number of benzene rings is 2. The number of halogens is 3. The van der Waals surface area contributed by atoms with Gasteiger partial charge in [-0.2, -0.15) is 8.78 Å². The van der Waals surface area contributed by atoms with Crippen molar-refractivity contribution in [2.45, 2.75) is 25.9 Å². The van der Waals surface area contributed by atoms with Crippen LogP contribution in [0, 0.1) is 5.82 Å². The summed E-state index contributed by atoms with van der Waals surface area (Å²) >= 11 is 0. The van der Waals surface area contributed by atoms with Gasteiger partial charge in [0.1, 0.15) is 11.6 Å². The molecule has 26 heavy (non-hydrogen) atoms. The predicted molar refractivity (Wildman–Crippen MR) is 93.5 cm³/mol. The second kappa shape index (κ2) is 8.12. The first-order chi connectivity index (χ1) is 12.5. The van der Waals surface area contributed by atoms with Crippen molar-refractivity contribution in [3.8, 4) is 5.75 Å². The molecule has 1 aliphatic heterocycles. The SMILES string of the molecule is O=C(Nc1cc(F)ccc1N1CCCCC1)c1ccccc1OC(F)F. The van der Waals surface area contributed by atoms with E-state index in [1.165, 1.54) is 30.3 Å². The smallest absolute Gasteiger partial charge is 0.387 e. The summed E-state index contributed by atoms with van der Waals surface area (Å²) in [5.41, 5.74) is 0.983. The molecule has 0 bridgehead atoms. The van der Waals surface area contributed by atoms with E-state index in [1.807, 2.05) is 0 Å². The molecule has 1 aliphatic rings. The third-order valence-corrected chi connectivity index (χ3v) is 4.25. The number of alkyl halides is 2. The fraction of sp³-hybridized carbons (Fsp3) is 0.316. The molecule has 0 saturated carbocycles. The molecule has 1 heterocycles. The van der Waals surface area contributed by atoms with E-state index in [0.717, 1.165) is 32.4 Å². The van der Waals surface area contributed by atoms with Gasteiger partial charge in [-0.05, 0) is 49.6 Å². The first-order valence-corrected chi connectivity index (χ1v) is 8.44. The average molecular weight is 364 g/mol. The van der Waals surface area contributed by atoms with Crippen LogP contribution >= 0.6 is 0 Å². The van der Waals surface area contributed by atoms with E-state index in [-0.39, 0.29) is 11.3 Å². The summed E-state index contributed by atoms with van der Waals surface area (Å²) in [6, 6.07) is 9.91. The first kappa shape index (κ1) is 18.1. The molecule has 4 nitrogen and oxygen atoms in total. The molecular weight excluding hydrogens is 345 g/mol. The molecule has 0 atom stereocenters. The molecule has 0 aromatic heterocycles.